The maximum atomic E-state index is 13.9. The standard InChI is InChI=1S/C30H32ClF2N3O3/c1-2-19-4-3-5-20(10-19)16-34-17-28(37)27(13-21-11-24(32)15-25(33)12-21)35-30(39)22-14-29(38)36(18-22)26-8-6-23(31)7-9-26/h3-12,15,22,27-28,34,37H,2,13-14,16-18H2,1H3,(H,35,39)/t22?,27-,28-/m0/s1. The smallest absolute Gasteiger partial charge is 0.227 e. The van der Waals surface area contributed by atoms with Gasteiger partial charge in [0.25, 0.3) is 0 Å². The number of rotatable bonds is 11. The van der Waals surface area contributed by atoms with Crippen molar-refractivity contribution in [1.29, 1.82) is 0 Å². The first-order chi connectivity index (χ1) is 18.7. The number of anilines is 1. The zero-order chi connectivity index (χ0) is 27.9. The van der Waals surface area contributed by atoms with Crippen molar-refractivity contribution in [2.24, 2.45) is 5.92 Å². The monoisotopic (exact) mass is 555 g/mol. The third kappa shape index (κ3) is 7.85. The highest BCUT2D eigenvalue weighted by Crippen LogP contribution is 2.26. The molecule has 3 atom stereocenters. The molecule has 39 heavy (non-hydrogen) atoms. The largest absolute Gasteiger partial charge is 0.390 e. The van der Waals surface area contributed by atoms with Gasteiger partial charge in [-0.1, -0.05) is 42.8 Å². The molecule has 9 heteroatoms. The first-order valence-corrected chi connectivity index (χ1v) is 13.4. The van der Waals surface area contributed by atoms with E-state index in [1.165, 1.54) is 22.6 Å². The summed E-state index contributed by atoms with van der Waals surface area (Å²) >= 11 is 5.95. The minimum Gasteiger partial charge on any atom is -0.390 e. The van der Waals surface area contributed by atoms with E-state index in [1.807, 2.05) is 18.2 Å². The second-order valence-corrected chi connectivity index (χ2v) is 10.3. The summed E-state index contributed by atoms with van der Waals surface area (Å²) in [6.07, 6.45) is -0.124. The minimum atomic E-state index is -1.06. The maximum Gasteiger partial charge on any atom is 0.227 e. The molecule has 3 N–H and O–H groups in total. The number of amides is 2. The van der Waals surface area contributed by atoms with Crippen LogP contribution in [0.2, 0.25) is 5.02 Å². The molecular formula is C30H32ClF2N3O3. The lowest BCUT2D eigenvalue weighted by atomic mass is 9.99. The highest BCUT2D eigenvalue weighted by molar-refractivity contribution is 6.30. The first kappa shape index (κ1) is 28.7. The molecule has 0 radical (unpaired) electrons. The second kappa shape index (κ2) is 13.2. The molecule has 6 nitrogen and oxygen atoms in total. The summed E-state index contributed by atoms with van der Waals surface area (Å²) < 4.78 is 27.7. The molecule has 1 aliphatic heterocycles. The van der Waals surface area contributed by atoms with E-state index in [4.69, 9.17) is 11.6 Å². The van der Waals surface area contributed by atoms with Crippen molar-refractivity contribution >= 4 is 29.1 Å². The van der Waals surface area contributed by atoms with Gasteiger partial charge >= 0.3 is 0 Å². The van der Waals surface area contributed by atoms with E-state index < -0.39 is 35.6 Å². The van der Waals surface area contributed by atoms with Gasteiger partial charge in [0.2, 0.25) is 11.8 Å². The number of hydrogen-bond acceptors (Lipinski definition) is 4. The number of carbonyl (C=O) groups excluding carboxylic acids is 2. The van der Waals surface area contributed by atoms with Crippen molar-refractivity contribution in [2.75, 3.05) is 18.0 Å². The first-order valence-electron chi connectivity index (χ1n) is 13.0. The Morgan fingerprint density at radius 3 is 2.44 bits per heavy atom. The lowest BCUT2D eigenvalue weighted by Gasteiger charge is -2.26. The molecule has 1 aliphatic rings. The van der Waals surface area contributed by atoms with Gasteiger partial charge in [0.1, 0.15) is 11.6 Å². The number of nitrogens with one attached hydrogen (secondary N) is 2. The van der Waals surface area contributed by atoms with Gasteiger partial charge in [0, 0.05) is 42.8 Å². The molecule has 3 aromatic carbocycles. The van der Waals surface area contributed by atoms with Gasteiger partial charge in [0.15, 0.2) is 0 Å². The third-order valence-electron chi connectivity index (χ3n) is 6.89. The summed E-state index contributed by atoms with van der Waals surface area (Å²) in [5, 5.41) is 17.6. The van der Waals surface area contributed by atoms with Crippen molar-refractivity contribution in [3.8, 4) is 0 Å². The van der Waals surface area contributed by atoms with E-state index in [2.05, 4.69) is 23.6 Å². The van der Waals surface area contributed by atoms with Crippen LogP contribution in [0.5, 0.6) is 0 Å². The second-order valence-electron chi connectivity index (χ2n) is 9.85. The van der Waals surface area contributed by atoms with Crippen LogP contribution in [0.25, 0.3) is 0 Å². The van der Waals surface area contributed by atoms with Gasteiger partial charge in [-0.3, -0.25) is 9.59 Å². The molecule has 206 valence electrons. The quantitative estimate of drug-likeness (QED) is 0.327. The Morgan fingerprint density at radius 1 is 1.05 bits per heavy atom. The fraction of sp³-hybridized carbons (Fsp3) is 0.333. The number of aliphatic hydroxyl groups is 1. The van der Waals surface area contributed by atoms with Crippen LogP contribution in [0.3, 0.4) is 0 Å². The van der Waals surface area contributed by atoms with Crippen LogP contribution in [-0.2, 0) is 29.0 Å². The lowest BCUT2D eigenvalue weighted by Crippen LogP contribution is -2.50. The summed E-state index contributed by atoms with van der Waals surface area (Å²) in [6.45, 7) is 2.90. The van der Waals surface area contributed by atoms with Crippen molar-refractivity contribution in [2.45, 2.75) is 44.9 Å². The summed E-state index contributed by atoms with van der Waals surface area (Å²) in [7, 11) is 0. The molecule has 1 unspecified atom stereocenters. The highest BCUT2D eigenvalue weighted by atomic mass is 35.5. The highest BCUT2D eigenvalue weighted by Gasteiger charge is 2.36. The molecule has 0 aromatic heterocycles. The molecule has 1 saturated heterocycles. The summed E-state index contributed by atoms with van der Waals surface area (Å²) in [6, 6.07) is 17.2. The summed E-state index contributed by atoms with van der Waals surface area (Å²) in [5.74, 6) is -2.72. The number of nitrogens with zero attached hydrogens (tertiary/aromatic N) is 1. The Morgan fingerprint density at radius 2 is 1.74 bits per heavy atom. The van der Waals surface area contributed by atoms with Crippen LogP contribution in [0.1, 0.15) is 30.0 Å². The van der Waals surface area contributed by atoms with Crippen LogP contribution >= 0.6 is 11.6 Å². The Kier molecular flexibility index (Phi) is 9.67. The third-order valence-corrected chi connectivity index (χ3v) is 7.14. The normalized spacial score (nSPS) is 16.8. The van der Waals surface area contributed by atoms with Crippen molar-refractivity contribution < 1.29 is 23.5 Å². The molecule has 1 heterocycles. The van der Waals surface area contributed by atoms with Gasteiger partial charge in [-0.2, -0.15) is 0 Å². The fourth-order valence-electron chi connectivity index (χ4n) is 4.79. The van der Waals surface area contributed by atoms with Gasteiger partial charge in [-0.05, 0) is 65.9 Å². The van der Waals surface area contributed by atoms with E-state index >= 15 is 0 Å². The molecule has 3 aromatic rings. The van der Waals surface area contributed by atoms with Gasteiger partial charge in [0.05, 0.1) is 18.1 Å². The van der Waals surface area contributed by atoms with Gasteiger partial charge in [-0.25, -0.2) is 8.78 Å². The Hall–Kier alpha value is -3.33. The minimum absolute atomic E-state index is 0.0101. The van der Waals surface area contributed by atoms with Crippen molar-refractivity contribution in [1.82, 2.24) is 10.6 Å². The number of halogens is 3. The van der Waals surface area contributed by atoms with E-state index in [1.54, 1.807) is 24.3 Å². The fourth-order valence-corrected chi connectivity index (χ4v) is 4.91. The molecule has 4 rings (SSSR count). The molecule has 2 amide bonds. The Balaban J connectivity index is 1.43. The molecule has 1 fully saturated rings. The number of benzene rings is 3. The van der Waals surface area contributed by atoms with Crippen LogP contribution < -0.4 is 15.5 Å². The molecule has 0 saturated carbocycles. The van der Waals surface area contributed by atoms with Crippen LogP contribution in [0.4, 0.5) is 14.5 Å². The predicted octanol–water partition coefficient (Wildman–Crippen LogP) is 4.41. The van der Waals surface area contributed by atoms with Gasteiger partial charge < -0.3 is 20.6 Å². The number of aryl methyl sites for hydroxylation is 1. The van der Waals surface area contributed by atoms with Crippen LogP contribution in [0, 0.1) is 17.6 Å². The maximum absolute atomic E-state index is 13.9. The molecule has 0 aliphatic carbocycles. The number of carbonyl (C=O) groups is 2. The Bertz CT molecular complexity index is 1280. The average Bonchev–Trinajstić information content (AvgIpc) is 3.30. The van der Waals surface area contributed by atoms with Crippen molar-refractivity contribution in [3.63, 3.8) is 0 Å². The zero-order valence-electron chi connectivity index (χ0n) is 21.7. The SMILES string of the molecule is CCc1cccc(CNC[C@H](O)[C@H](Cc2cc(F)cc(F)c2)NC(=O)C2CC(=O)N(c3ccc(Cl)cc3)C2)c1. The molecular weight excluding hydrogens is 524 g/mol. The summed E-state index contributed by atoms with van der Waals surface area (Å²) in [5.41, 5.74) is 3.20. The predicted molar refractivity (Wildman–Crippen MR) is 147 cm³/mol. The van der Waals surface area contributed by atoms with Crippen LogP contribution in [-0.4, -0.2) is 42.2 Å². The van der Waals surface area contributed by atoms with E-state index in [9.17, 15) is 23.5 Å². The van der Waals surface area contributed by atoms with Gasteiger partial charge in [-0.15, -0.1) is 0 Å². The average molecular weight is 556 g/mol. The van der Waals surface area contributed by atoms with E-state index in [0.717, 1.165) is 18.1 Å². The molecule has 0 spiro atoms. The lowest BCUT2D eigenvalue weighted by molar-refractivity contribution is -0.127. The summed E-state index contributed by atoms with van der Waals surface area (Å²) in [4.78, 5) is 27.4. The Labute approximate surface area is 232 Å². The molecule has 0 bridgehead atoms. The topological polar surface area (TPSA) is 81.7 Å². The zero-order valence-corrected chi connectivity index (χ0v) is 22.4. The van der Waals surface area contributed by atoms with E-state index in [-0.39, 0.29) is 31.8 Å². The number of hydrogen-bond donors (Lipinski definition) is 3. The van der Waals surface area contributed by atoms with Crippen LogP contribution in [0.15, 0.2) is 66.7 Å². The van der Waals surface area contributed by atoms with Crippen molar-refractivity contribution in [3.05, 3.63) is 100 Å². The number of aliphatic hydroxyl groups excluding tert-OH is 1. The van der Waals surface area contributed by atoms with E-state index in [0.29, 0.717) is 22.8 Å².